The second-order valence-electron chi connectivity index (χ2n) is 4.63. The number of para-hydroxylation sites is 1. The zero-order valence-electron chi connectivity index (χ0n) is 12.2. The number of hydrogen-bond acceptors (Lipinski definition) is 4. The third kappa shape index (κ3) is 3.04. The minimum absolute atomic E-state index is 0.304. The fourth-order valence-electron chi connectivity index (χ4n) is 2.10. The van der Waals surface area contributed by atoms with Crippen molar-refractivity contribution >= 4 is 18.4 Å². The third-order valence-corrected chi connectivity index (χ3v) is 3.48. The van der Waals surface area contributed by atoms with Gasteiger partial charge in [-0.05, 0) is 30.4 Å². The zero-order chi connectivity index (χ0) is 16.2. The van der Waals surface area contributed by atoms with E-state index in [4.69, 9.17) is 17.0 Å². The van der Waals surface area contributed by atoms with Gasteiger partial charge in [-0.15, -0.1) is 0 Å². The number of nitrogens with one attached hydrogen (secondary N) is 1. The van der Waals surface area contributed by atoms with Crippen molar-refractivity contribution in [3.05, 3.63) is 64.7 Å². The summed E-state index contributed by atoms with van der Waals surface area (Å²) >= 11 is 5.20. The Morgan fingerprint density at radius 1 is 1.22 bits per heavy atom. The van der Waals surface area contributed by atoms with E-state index in [1.807, 2.05) is 24.3 Å². The molecule has 1 heterocycles. The van der Waals surface area contributed by atoms with E-state index in [0.717, 1.165) is 5.56 Å². The molecule has 0 atom stereocenters. The summed E-state index contributed by atoms with van der Waals surface area (Å²) < 4.78 is 20.8. The van der Waals surface area contributed by atoms with Gasteiger partial charge in [0.25, 0.3) is 0 Å². The minimum atomic E-state index is -0.356. The minimum Gasteiger partial charge on any atom is -0.496 e. The first-order valence-corrected chi connectivity index (χ1v) is 7.21. The maximum Gasteiger partial charge on any atom is 0.216 e. The van der Waals surface area contributed by atoms with E-state index in [-0.39, 0.29) is 5.82 Å². The Labute approximate surface area is 137 Å². The number of ether oxygens (including phenoxy) is 1. The van der Waals surface area contributed by atoms with E-state index < -0.39 is 0 Å². The van der Waals surface area contributed by atoms with Gasteiger partial charge in [0.2, 0.25) is 4.77 Å². The maximum atomic E-state index is 13.7. The Kier molecular flexibility index (Phi) is 4.29. The van der Waals surface area contributed by atoms with E-state index in [1.54, 1.807) is 25.3 Å². The number of halogens is 1. The molecule has 0 saturated heterocycles. The van der Waals surface area contributed by atoms with E-state index >= 15 is 0 Å². The molecule has 0 spiro atoms. The first kappa shape index (κ1) is 15.1. The highest BCUT2D eigenvalue weighted by atomic mass is 32.1. The fraction of sp³-hybridized carbons (Fsp3) is 0.0625. The highest BCUT2D eigenvalue weighted by molar-refractivity contribution is 7.71. The summed E-state index contributed by atoms with van der Waals surface area (Å²) in [7, 11) is 1.58. The van der Waals surface area contributed by atoms with E-state index in [0.29, 0.717) is 21.9 Å². The van der Waals surface area contributed by atoms with Crippen LogP contribution in [-0.2, 0) is 0 Å². The fourth-order valence-corrected chi connectivity index (χ4v) is 2.28. The topological polar surface area (TPSA) is 55.2 Å². The molecule has 0 aliphatic rings. The molecule has 3 aromatic rings. The molecule has 0 saturated carbocycles. The van der Waals surface area contributed by atoms with Gasteiger partial charge in [0.1, 0.15) is 11.6 Å². The molecule has 0 bridgehead atoms. The van der Waals surface area contributed by atoms with Crippen molar-refractivity contribution in [1.29, 1.82) is 0 Å². The largest absolute Gasteiger partial charge is 0.496 e. The molecule has 1 aromatic heterocycles. The Hall–Kier alpha value is -2.80. The molecule has 23 heavy (non-hydrogen) atoms. The van der Waals surface area contributed by atoms with Crippen molar-refractivity contribution < 1.29 is 9.13 Å². The SMILES string of the molecule is COc1ccccc1-c1n[nH]c(=S)n1N=Cc1ccccc1F. The smallest absolute Gasteiger partial charge is 0.216 e. The summed E-state index contributed by atoms with van der Waals surface area (Å²) in [5, 5.41) is 11.1. The van der Waals surface area contributed by atoms with Crippen molar-refractivity contribution in [1.82, 2.24) is 14.9 Å². The monoisotopic (exact) mass is 328 g/mol. The summed E-state index contributed by atoms with van der Waals surface area (Å²) in [4.78, 5) is 0. The number of rotatable bonds is 4. The van der Waals surface area contributed by atoms with Crippen LogP contribution in [-0.4, -0.2) is 28.2 Å². The van der Waals surface area contributed by atoms with Crippen LogP contribution in [0.15, 0.2) is 53.6 Å². The second kappa shape index (κ2) is 6.53. The summed E-state index contributed by atoms with van der Waals surface area (Å²) in [5.74, 6) is 0.772. The van der Waals surface area contributed by atoms with Gasteiger partial charge in [-0.2, -0.15) is 14.9 Å². The second-order valence-corrected chi connectivity index (χ2v) is 5.02. The molecular weight excluding hydrogens is 315 g/mol. The lowest BCUT2D eigenvalue weighted by molar-refractivity contribution is 0.416. The van der Waals surface area contributed by atoms with E-state index in [9.17, 15) is 4.39 Å². The van der Waals surface area contributed by atoms with Gasteiger partial charge in [-0.1, -0.05) is 30.3 Å². The lowest BCUT2D eigenvalue weighted by atomic mass is 10.2. The summed E-state index contributed by atoms with van der Waals surface area (Å²) in [6.07, 6.45) is 1.40. The maximum absolute atomic E-state index is 13.7. The number of methoxy groups -OCH3 is 1. The molecule has 0 radical (unpaired) electrons. The predicted octanol–water partition coefficient (Wildman–Crippen LogP) is 3.64. The van der Waals surface area contributed by atoms with Crippen LogP contribution in [0.4, 0.5) is 4.39 Å². The number of aromatic nitrogens is 3. The Morgan fingerprint density at radius 3 is 2.74 bits per heavy atom. The average Bonchev–Trinajstić information content (AvgIpc) is 2.95. The number of aromatic amines is 1. The Balaban J connectivity index is 2.07. The highest BCUT2D eigenvalue weighted by Gasteiger charge is 2.12. The normalized spacial score (nSPS) is 11.0. The van der Waals surface area contributed by atoms with Gasteiger partial charge in [-0.3, -0.25) is 0 Å². The number of benzene rings is 2. The van der Waals surface area contributed by atoms with Gasteiger partial charge in [-0.25, -0.2) is 9.49 Å². The van der Waals surface area contributed by atoms with Crippen LogP contribution in [0.5, 0.6) is 5.75 Å². The predicted molar refractivity (Wildman–Crippen MR) is 88.8 cm³/mol. The molecule has 5 nitrogen and oxygen atoms in total. The van der Waals surface area contributed by atoms with Gasteiger partial charge in [0.15, 0.2) is 5.82 Å². The van der Waals surface area contributed by atoms with E-state index in [1.165, 1.54) is 17.0 Å². The molecule has 3 rings (SSSR count). The highest BCUT2D eigenvalue weighted by Crippen LogP contribution is 2.28. The van der Waals surface area contributed by atoms with Crippen LogP contribution < -0.4 is 4.74 Å². The molecule has 2 aromatic carbocycles. The molecule has 1 N–H and O–H groups in total. The van der Waals surface area contributed by atoms with Crippen LogP contribution in [0.1, 0.15) is 5.56 Å². The molecule has 0 fully saturated rings. The van der Waals surface area contributed by atoms with Gasteiger partial charge in [0.05, 0.1) is 18.9 Å². The van der Waals surface area contributed by atoms with Crippen molar-refractivity contribution in [2.75, 3.05) is 7.11 Å². The standard InChI is InChI=1S/C16H13FN4OS/c1-22-14-9-5-3-7-12(14)15-19-20-16(23)21(15)18-10-11-6-2-4-8-13(11)17/h2-10H,1H3,(H,20,23). The average molecular weight is 328 g/mol. The number of nitrogens with zero attached hydrogens (tertiary/aromatic N) is 3. The van der Waals surface area contributed by atoms with Crippen molar-refractivity contribution in [3.63, 3.8) is 0 Å². The Bertz CT molecular complexity index is 916. The molecule has 0 unspecified atom stereocenters. The molecular formula is C16H13FN4OS. The van der Waals surface area contributed by atoms with Crippen LogP contribution in [0.2, 0.25) is 0 Å². The van der Waals surface area contributed by atoms with Crippen LogP contribution >= 0.6 is 12.2 Å². The van der Waals surface area contributed by atoms with Crippen LogP contribution in [0.3, 0.4) is 0 Å². The molecule has 0 amide bonds. The van der Waals surface area contributed by atoms with Gasteiger partial charge >= 0.3 is 0 Å². The molecule has 0 aliphatic carbocycles. The molecule has 116 valence electrons. The molecule has 0 aliphatic heterocycles. The third-order valence-electron chi connectivity index (χ3n) is 3.22. The number of hydrogen-bond donors (Lipinski definition) is 1. The summed E-state index contributed by atoms with van der Waals surface area (Å²) in [6, 6.07) is 13.7. The zero-order valence-corrected chi connectivity index (χ0v) is 13.0. The quantitative estimate of drug-likeness (QED) is 0.588. The van der Waals surface area contributed by atoms with Gasteiger partial charge < -0.3 is 4.74 Å². The Morgan fingerprint density at radius 2 is 1.96 bits per heavy atom. The lowest BCUT2D eigenvalue weighted by Gasteiger charge is -2.06. The van der Waals surface area contributed by atoms with Crippen LogP contribution in [0.25, 0.3) is 11.4 Å². The summed E-state index contributed by atoms with van der Waals surface area (Å²) in [5.41, 5.74) is 1.09. The summed E-state index contributed by atoms with van der Waals surface area (Å²) in [6.45, 7) is 0. The van der Waals surface area contributed by atoms with Crippen molar-refractivity contribution in [2.24, 2.45) is 5.10 Å². The lowest BCUT2D eigenvalue weighted by Crippen LogP contribution is -1.97. The van der Waals surface area contributed by atoms with Crippen molar-refractivity contribution in [2.45, 2.75) is 0 Å². The number of H-pyrrole nitrogens is 1. The van der Waals surface area contributed by atoms with Crippen molar-refractivity contribution in [3.8, 4) is 17.1 Å². The first-order chi connectivity index (χ1) is 11.2. The van der Waals surface area contributed by atoms with Gasteiger partial charge in [0, 0.05) is 5.56 Å². The first-order valence-electron chi connectivity index (χ1n) is 6.80. The van der Waals surface area contributed by atoms with E-state index in [2.05, 4.69) is 15.3 Å². The molecule has 7 heteroatoms. The van der Waals surface area contributed by atoms with Crippen LogP contribution in [0, 0.1) is 10.6 Å².